The fraction of sp³-hybridized carbons (Fsp3) is 0.0588. The molecule has 1 atom stereocenters. The van der Waals surface area contributed by atoms with Gasteiger partial charge in [-0.15, -0.1) is 10.2 Å². The molecule has 0 spiro atoms. The number of aromatic nitrogens is 2. The minimum Gasteiger partial charge on any atom is -0.420 e. The van der Waals surface area contributed by atoms with Crippen molar-refractivity contribution in [2.45, 2.75) is 5.92 Å². The number of anilines is 5. The minimum atomic E-state index is -0.109. The largest absolute Gasteiger partial charge is 0.420 e. The molecule has 5 aromatic carbocycles. The summed E-state index contributed by atoms with van der Waals surface area (Å²) >= 11 is 0. The van der Waals surface area contributed by atoms with Crippen LogP contribution in [-0.4, -0.2) is 17.2 Å². The Morgan fingerprint density at radius 2 is 1.21 bits per heavy atom. The summed E-state index contributed by atoms with van der Waals surface area (Å²) < 4.78 is 6.28. The van der Waals surface area contributed by atoms with Gasteiger partial charge in [0.1, 0.15) is 0 Å². The van der Waals surface area contributed by atoms with Crippen LogP contribution in [0.25, 0.3) is 22.6 Å². The summed E-state index contributed by atoms with van der Waals surface area (Å²) in [6.07, 6.45) is 0. The molecule has 1 aliphatic carbocycles. The van der Waals surface area contributed by atoms with Crippen LogP contribution in [0, 0.1) is 0 Å². The molecule has 0 saturated heterocycles. The predicted molar refractivity (Wildman–Crippen MR) is 155 cm³/mol. The Kier molecular flexibility index (Phi) is 4.73. The fourth-order valence-corrected chi connectivity index (χ4v) is 6.06. The van der Waals surface area contributed by atoms with E-state index in [2.05, 4.69) is 118 Å². The lowest BCUT2D eigenvalue weighted by Gasteiger charge is -2.38. The standard InChI is InChI=1S/C34H24N4O/c1-37-28-15-7-9-17-30(28)38(31-18-10-8-16-29(31)37)23-19-20-26-27(21-23)24-13-5-6-14-25(24)32(26)34-36-35-33(39-34)22-11-3-2-4-12-22/h2-21,32H,1H3. The maximum atomic E-state index is 6.28. The Morgan fingerprint density at radius 1 is 0.590 bits per heavy atom. The molecule has 2 aliphatic rings. The summed E-state index contributed by atoms with van der Waals surface area (Å²) in [5.41, 5.74) is 11.5. The van der Waals surface area contributed by atoms with Crippen molar-refractivity contribution in [2.24, 2.45) is 0 Å². The summed E-state index contributed by atoms with van der Waals surface area (Å²) in [4.78, 5) is 4.63. The third-order valence-electron chi connectivity index (χ3n) is 7.84. The van der Waals surface area contributed by atoms with E-state index in [4.69, 9.17) is 4.42 Å². The van der Waals surface area contributed by atoms with Gasteiger partial charge in [0.2, 0.25) is 11.8 Å². The summed E-state index contributed by atoms with van der Waals surface area (Å²) in [5.74, 6) is 1.05. The molecule has 0 amide bonds. The Bertz CT molecular complexity index is 1810. The molecular weight excluding hydrogens is 480 g/mol. The highest BCUT2D eigenvalue weighted by molar-refractivity contribution is 5.98. The highest BCUT2D eigenvalue weighted by atomic mass is 16.4. The lowest BCUT2D eigenvalue weighted by Crippen LogP contribution is -2.23. The van der Waals surface area contributed by atoms with E-state index < -0.39 is 0 Å². The first-order valence-corrected chi connectivity index (χ1v) is 13.1. The number of para-hydroxylation sites is 4. The number of nitrogens with zero attached hydrogens (tertiary/aromatic N) is 4. The molecule has 8 rings (SSSR count). The van der Waals surface area contributed by atoms with Gasteiger partial charge in [-0.25, -0.2) is 0 Å². The van der Waals surface area contributed by atoms with E-state index in [1.165, 1.54) is 33.6 Å². The van der Waals surface area contributed by atoms with Crippen molar-refractivity contribution in [1.29, 1.82) is 0 Å². The molecule has 1 aromatic heterocycles. The summed E-state index contributed by atoms with van der Waals surface area (Å²) in [6, 6.07) is 42.4. The van der Waals surface area contributed by atoms with Gasteiger partial charge in [0, 0.05) is 18.3 Å². The van der Waals surface area contributed by atoms with Crippen LogP contribution in [0.2, 0.25) is 0 Å². The molecule has 5 nitrogen and oxygen atoms in total. The first-order valence-electron chi connectivity index (χ1n) is 13.1. The van der Waals surface area contributed by atoms with Crippen LogP contribution in [-0.2, 0) is 0 Å². The molecule has 39 heavy (non-hydrogen) atoms. The Hall–Kier alpha value is -5.16. The normalized spacial score (nSPS) is 14.9. The fourth-order valence-electron chi connectivity index (χ4n) is 6.06. The van der Waals surface area contributed by atoms with E-state index in [1.54, 1.807) is 0 Å². The number of benzene rings is 5. The molecule has 6 aromatic rings. The third kappa shape index (κ3) is 3.26. The maximum Gasteiger partial charge on any atom is 0.247 e. The van der Waals surface area contributed by atoms with Crippen molar-refractivity contribution in [3.8, 4) is 22.6 Å². The Morgan fingerprint density at radius 3 is 1.95 bits per heavy atom. The second-order valence-electron chi connectivity index (χ2n) is 9.98. The van der Waals surface area contributed by atoms with Crippen LogP contribution in [0.4, 0.5) is 28.4 Å². The molecule has 0 saturated carbocycles. The first-order chi connectivity index (χ1) is 19.3. The van der Waals surface area contributed by atoms with Crippen molar-refractivity contribution < 1.29 is 4.42 Å². The van der Waals surface area contributed by atoms with Gasteiger partial charge in [0.15, 0.2) is 0 Å². The van der Waals surface area contributed by atoms with Crippen LogP contribution in [0.3, 0.4) is 0 Å². The van der Waals surface area contributed by atoms with Gasteiger partial charge >= 0.3 is 0 Å². The lowest BCUT2D eigenvalue weighted by atomic mass is 9.96. The zero-order valence-electron chi connectivity index (χ0n) is 21.3. The molecule has 5 heteroatoms. The van der Waals surface area contributed by atoms with Crippen molar-refractivity contribution >= 4 is 28.4 Å². The van der Waals surface area contributed by atoms with E-state index in [1.807, 2.05) is 30.3 Å². The number of hydrogen-bond donors (Lipinski definition) is 0. The quantitative estimate of drug-likeness (QED) is 0.242. The SMILES string of the molecule is CN1c2ccccc2N(c2ccc3c(c2)-c2ccccc2C3c2nnc(-c3ccccc3)o2)c2ccccc21. The second kappa shape index (κ2) is 8.43. The number of fused-ring (bicyclic) bond motifs is 5. The van der Waals surface area contributed by atoms with Gasteiger partial charge < -0.3 is 14.2 Å². The van der Waals surface area contributed by atoms with Crippen molar-refractivity contribution in [2.75, 3.05) is 16.8 Å². The van der Waals surface area contributed by atoms with Gasteiger partial charge in [0.05, 0.1) is 28.7 Å². The molecule has 0 fully saturated rings. The summed E-state index contributed by atoms with van der Waals surface area (Å²) in [6.45, 7) is 0. The maximum absolute atomic E-state index is 6.28. The first kappa shape index (κ1) is 21.9. The van der Waals surface area contributed by atoms with Crippen molar-refractivity contribution in [1.82, 2.24) is 10.2 Å². The summed E-state index contributed by atoms with van der Waals surface area (Å²) in [5, 5.41) is 8.92. The molecule has 1 unspecified atom stereocenters. The van der Waals surface area contributed by atoms with E-state index in [0.29, 0.717) is 11.8 Å². The third-order valence-corrected chi connectivity index (χ3v) is 7.84. The second-order valence-corrected chi connectivity index (χ2v) is 9.98. The molecule has 1 aliphatic heterocycles. The van der Waals surface area contributed by atoms with Crippen molar-refractivity contribution in [3.63, 3.8) is 0 Å². The predicted octanol–water partition coefficient (Wildman–Crippen LogP) is 8.45. The van der Waals surface area contributed by atoms with Crippen LogP contribution in [0.15, 0.2) is 126 Å². The molecule has 0 bridgehead atoms. The van der Waals surface area contributed by atoms with Gasteiger partial charge in [0.25, 0.3) is 0 Å². The lowest BCUT2D eigenvalue weighted by molar-refractivity contribution is 0.501. The number of rotatable bonds is 3. The smallest absolute Gasteiger partial charge is 0.247 e. The average molecular weight is 505 g/mol. The molecule has 0 N–H and O–H groups in total. The zero-order chi connectivity index (χ0) is 25.9. The van der Waals surface area contributed by atoms with Gasteiger partial charge in [-0.3, -0.25) is 0 Å². The molecule has 0 radical (unpaired) electrons. The van der Waals surface area contributed by atoms with Gasteiger partial charge in [-0.1, -0.05) is 72.8 Å². The van der Waals surface area contributed by atoms with Gasteiger partial charge in [-0.05, 0) is 70.8 Å². The van der Waals surface area contributed by atoms with Crippen LogP contribution < -0.4 is 9.80 Å². The minimum absolute atomic E-state index is 0.109. The molecule has 2 heterocycles. The van der Waals surface area contributed by atoms with Crippen molar-refractivity contribution in [3.05, 3.63) is 138 Å². The van der Waals surface area contributed by atoms with Gasteiger partial charge in [-0.2, -0.15) is 0 Å². The average Bonchev–Trinajstić information content (AvgIpc) is 3.61. The highest BCUT2D eigenvalue weighted by Crippen LogP contribution is 2.53. The Balaban J connectivity index is 1.28. The van der Waals surface area contributed by atoms with Crippen LogP contribution >= 0.6 is 0 Å². The Labute approximate surface area is 226 Å². The van der Waals surface area contributed by atoms with Crippen LogP contribution in [0.1, 0.15) is 22.9 Å². The van der Waals surface area contributed by atoms with E-state index in [-0.39, 0.29) is 5.92 Å². The highest BCUT2D eigenvalue weighted by Gasteiger charge is 2.35. The topological polar surface area (TPSA) is 45.4 Å². The monoisotopic (exact) mass is 504 g/mol. The van der Waals surface area contributed by atoms with E-state index in [9.17, 15) is 0 Å². The van der Waals surface area contributed by atoms with E-state index >= 15 is 0 Å². The zero-order valence-corrected chi connectivity index (χ0v) is 21.3. The molecule has 186 valence electrons. The molecular formula is C34H24N4O. The van der Waals surface area contributed by atoms with Crippen LogP contribution in [0.5, 0.6) is 0 Å². The number of hydrogen-bond acceptors (Lipinski definition) is 5. The van der Waals surface area contributed by atoms with E-state index in [0.717, 1.165) is 22.6 Å². The summed E-state index contributed by atoms with van der Waals surface area (Å²) in [7, 11) is 2.13.